The number of anilines is 1. The van der Waals surface area contributed by atoms with E-state index >= 15 is 0 Å². The van der Waals surface area contributed by atoms with Crippen molar-refractivity contribution in [3.8, 4) is 33.9 Å². The minimum Gasteiger partial charge on any atom is -0.451 e. The molecule has 0 unspecified atom stereocenters. The molecule has 2 aromatic heterocycles. The van der Waals surface area contributed by atoms with Crippen LogP contribution < -0.4 is 5.32 Å². The van der Waals surface area contributed by atoms with Gasteiger partial charge in [0.15, 0.2) is 11.3 Å². The number of benzene rings is 4. The zero-order chi connectivity index (χ0) is 24.5. The largest absolute Gasteiger partial charge is 0.451 e. The first kappa shape index (κ1) is 22.1. The first-order valence-corrected chi connectivity index (χ1v) is 12.2. The molecule has 0 spiro atoms. The second-order valence-corrected chi connectivity index (χ2v) is 9.19. The Morgan fingerprint density at radius 3 is 2.17 bits per heavy atom. The number of nitrogens with zero attached hydrogens (tertiary/aromatic N) is 1. The summed E-state index contributed by atoms with van der Waals surface area (Å²) in [6.45, 7) is 0. The van der Waals surface area contributed by atoms with E-state index in [2.05, 4.69) is 50.5 Å². The van der Waals surface area contributed by atoms with E-state index in [9.17, 15) is 4.79 Å². The van der Waals surface area contributed by atoms with E-state index in [-0.39, 0.29) is 11.7 Å². The molecule has 1 N–H and O–H groups in total. The van der Waals surface area contributed by atoms with Gasteiger partial charge in [0.2, 0.25) is 5.89 Å². The van der Waals surface area contributed by atoms with Crippen LogP contribution in [0.5, 0.6) is 0 Å². The number of hydrogen-bond acceptors (Lipinski definition) is 4. The Kier molecular flexibility index (Phi) is 5.71. The van der Waals surface area contributed by atoms with E-state index in [0.29, 0.717) is 28.4 Å². The normalized spacial score (nSPS) is 11.0. The van der Waals surface area contributed by atoms with E-state index in [4.69, 9.17) is 8.83 Å². The van der Waals surface area contributed by atoms with Crippen LogP contribution in [-0.2, 0) is 0 Å². The van der Waals surface area contributed by atoms with Gasteiger partial charge in [-0.2, -0.15) is 0 Å². The number of carbonyl (C=O) groups excluding carboxylic acids is 1. The molecule has 0 aliphatic heterocycles. The summed E-state index contributed by atoms with van der Waals surface area (Å²) in [5.74, 6) is 1.05. The van der Waals surface area contributed by atoms with Gasteiger partial charge in [-0.3, -0.25) is 4.79 Å². The maximum Gasteiger partial charge on any atom is 0.291 e. The van der Waals surface area contributed by atoms with E-state index in [0.717, 1.165) is 26.7 Å². The second-order valence-electron chi connectivity index (χ2n) is 8.27. The van der Waals surface area contributed by atoms with Gasteiger partial charge < -0.3 is 14.2 Å². The minimum absolute atomic E-state index is 0.229. The Labute approximate surface area is 215 Å². The molecule has 0 radical (unpaired) electrons. The van der Waals surface area contributed by atoms with E-state index in [1.807, 2.05) is 54.6 Å². The monoisotopic (exact) mass is 534 g/mol. The molecule has 0 saturated heterocycles. The van der Waals surface area contributed by atoms with Crippen molar-refractivity contribution in [3.05, 3.63) is 119 Å². The predicted molar refractivity (Wildman–Crippen MR) is 145 cm³/mol. The summed E-state index contributed by atoms with van der Waals surface area (Å²) in [7, 11) is 0. The Morgan fingerprint density at radius 2 is 1.39 bits per heavy atom. The van der Waals surface area contributed by atoms with Crippen molar-refractivity contribution in [1.29, 1.82) is 0 Å². The number of hydrogen-bond donors (Lipinski definition) is 1. The lowest BCUT2D eigenvalue weighted by atomic mass is 10.0. The Balaban J connectivity index is 1.20. The molecule has 6 heteroatoms. The van der Waals surface area contributed by atoms with Gasteiger partial charge in [0, 0.05) is 21.3 Å². The molecule has 174 valence electrons. The Hall–Kier alpha value is -4.42. The van der Waals surface area contributed by atoms with Crippen molar-refractivity contribution in [2.75, 3.05) is 5.32 Å². The number of nitrogens with one attached hydrogen (secondary N) is 1. The zero-order valence-corrected chi connectivity index (χ0v) is 20.5. The Bertz CT molecular complexity index is 1670. The highest BCUT2D eigenvalue weighted by atomic mass is 79.9. The average molecular weight is 535 g/mol. The lowest BCUT2D eigenvalue weighted by Crippen LogP contribution is -2.10. The van der Waals surface area contributed by atoms with Crippen molar-refractivity contribution in [1.82, 2.24) is 4.98 Å². The van der Waals surface area contributed by atoms with Gasteiger partial charge in [0.1, 0.15) is 11.3 Å². The fourth-order valence-corrected chi connectivity index (χ4v) is 4.25. The van der Waals surface area contributed by atoms with Crippen LogP contribution in [0.3, 0.4) is 0 Å². The molecule has 1 amide bonds. The second kappa shape index (κ2) is 9.32. The van der Waals surface area contributed by atoms with Gasteiger partial charge in [0.05, 0.1) is 0 Å². The topological polar surface area (TPSA) is 68.3 Å². The summed E-state index contributed by atoms with van der Waals surface area (Å²) < 4.78 is 12.7. The van der Waals surface area contributed by atoms with Gasteiger partial charge in [-0.1, -0.05) is 70.5 Å². The third kappa shape index (κ3) is 4.46. The van der Waals surface area contributed by atoms with Crippen LogP contribution in [0.15, 0.2) is 123 Å². The standard InChI is InChI=1S/C30H19BrN2O3/c31-23-12-10-21(11-13-23)26-16-17-28(35-26)29(34)32-24-14-15-27-25(18-24)33-30(36-27)22-8-6-20(7-9-22)19-4-2-1-3-5-19/h1-18H,(H,32,34). The van der Waals surface area contributed by atoms with Crippen molar-refractivity contribution >= 4 is 38.6 Å². The number of rotatable bonds is 5. The number of furan rings is 1. The quantitative estimate of drug-likeness (QED) is 0.241. The lowest BCUT2D eigenvalue weighted by molar-refractivity contribution is 0.0997. The van der Waals surface area contributed by atoms with E-state index in [1.165, 1.54) is 0 Å². The average Bonchev–Trinajstić information content (AvgIpc) is 3.57. The van der Waals surface area contributed by atoms with Crippen molar-refractivity contribution < 1.29 is 13.6 Å². The number of carbonyl (C=O) groups is 1. The molecule has 6 rings (SSSR count). The smallest absolute Gasteiger partial charge is 0.291 e. The van der Waals surface area contributed by atoms with E-state index < -0.39 is 0 Å². The third-order valence-electron chi connectivity index (χ3n) is 5.84. The number of aromatic nitrogens is 1. The molecule has 5 nitrogen and oxygen atoms in total. The Morgan fingerprint density at radius 1 is 0.694 bits per heavy atom. The molecule has 0 aliphatic rings. The first-order valence-electron chi connectivity index (χ1n) is 11.4. The lowest BCUT2D eigenvalue weighted by Gasteiger charge is -2.03. The highest BCUT2D eigenvalue weighted by Gasteiger charge is 2.14. The third-order valence-corrected chi connectivity index (χ3v) is 6.37. The molecular formula is C30H19BrN2O3. The van der Waals surface area contributed by atoms with Crippen LogP contribution in [-0.4, -0.2) is 10.9 Å². The molecule has 36 heavy (non-hydrogen) atoms. The van der Waals surface area contributed by atoms with E-state index in [1.54, 1.807) is 30.3 Å². The molecule has 0 atom stereocenters. The van der Waals surface area contributed by atoms with Crippen molar-refractivity contribution in [3.63, 3.8) is 0 Å². The maximum atomic E-state index is 12.8. The molecule has 0 saturated carbocycles. The van der Waals surface area contributed by atoms with Gasteiger partial charge >= 0.3 is 0 Å². The highest BCUT2D eigenvalue weighted by Crippen LogP contribution is 2.29. The first-order chi connectivity index (χ1) is 17.6. The number of oxazole rings is 1. The van der Waals surface area contributed by atoms with Gasteiger partial charge in [0.25, 0.3) is 5.91 Å². The van der Waals surface area contributed by atoms with Gasteiger partial charge in [-0.15, -0.1) is 0 Å². The van der Waals surface area contributed by atoms with Crippen LogP contribution in [0.2, 0.25) is 0 Å². The summed E-state index contributed by atoms with van der Waals surface area (Å²) in [6, 6.07) is 34.8. The minimum atomic E-state index is -0.335. The van der Waals surface area contributed by atoms with Crippen LogP contribution >= 0.6 is 15.9 Å². The van der Waals surface area contributed by atoms with Crippen molar-refractivity contribution in [2.24, 2.45) is 0 Å². The molecule has 4 aromatic carbocycles. The molecule has 6 aromatic rings. The van der Waals surface area contributed by atoms with Gasteiger partial charge in [-0.25, -0.2) is 4.98 Å². The number of amides is 1. The zero-order valence-electron chi connectivity index (χ0n) is 18.9. The SMILES string of the molecule is O=C(Nc1ccc2oc(-c3ccc(-c4ccccc4)cc3)nc2c1)c1ccc(-c2ccc(Br)cc2)o1. The van der Waals surface area contributed by atoms with Crippen LogP contribution in [0.1, 0.15) is 10.6 Å². The fourth-order valence-electron chi connectivity index (χ4n) is 3.99. The molecular weight excluding hydrogens is 516 g/mol. The van der Waals surface area contributed by atoms with Crippen LogP contribution in [0.25, 0.3) is 45.0 Å². The number of halogens is 1. The summed E-state index contributed by atoms with van der Waals surface area (Å²) >= 11 is 3.42. The summed E-state index contributed by atoms with van der Waals surface area (Å²) in [4.78, 5) is 17.4. The highest BCUT2D eigenvalue weighted by molar-refractivity contribution is 9.10. The van der Waals surface area contributed by atoms with Crippen LogP contribution in [0, 0.1) is 0 Å². The summed E-state index contributed by atoms with van der Waals surface area (Å²) in [5.41, 5.74) is 5.96. The van der Waals surface area contributed by atoms with Crippen LogP contribution in [0.4, 0.5) is 5.69 Å². The summed E-state index contributed by atoms with van der Waals surface area (Å²) in [5, 5.41) is 2.88. The molecule has 0 aliphatic carbocycles. The molecule has 0 fully saturated rings. The summed E-state index contributed by atoms with van der Waals surface area (Å²) in [6.07, 6.45) is 0. The molecule has 2 heterocycles. The predicted octanol–water partition coefficient (Wildman–Crippen LogP) is 8.44. The van der Waals surface area contributed by atoms with Gasteiger partial charge in [-0.05, 0) is 65.7 Å². The maximum absolute atomic E-state index is 12.8. The van der Waals surface area contributed by atoms with Crippen molar-refractivity contribution in [2.45, 2.75) is 0 Å². The molecule has 0 bridgehead atoms. The fraction of sp³-hybridized carbons (Fsp3) is 0. The number of fused-ring (bicyclic) bond motifs is 1.